The molecule has 0 radical (unpaired) electrons. The highest BCUT2D eigenvalue weighted by Gasteiger charge is 2.41. The maximum atomic E-state index is 12.2. The molecule has 1 amide bonds. The van der Waals surface area contributed by atoms with Crippen LogP contribution in [0, 0.1) is 12.3 Å². The Morgan fingerprint density at radius 3 is 2.62 bits per heavy atom. The number of carboxylic acids is 1. The summed E-state index contributed by atoms with van der Waals surface area (Å²) in [4.78, 5) is 27.9. The van der Waals surface area contributed by atoms with Crippen LogP contribution in [-0.4, -0.2) is 22.0 Å². The smallest absolute Gasteiger partial charge is 0.310 e. The number of halogens is 1. The summed E-state index contributed by atoms with van der Waals surface area (Å²) in [6.07, 6.45) is 5.53. The number of aryl methyl sites for hydroxylation is 1. The predicted octanol–water partition coefficient (Wildman–Crippen LogP) is 3.52. The lowest BCUT2D eigenvalue weighted by molar-refractivity contribution is -0.153. The lowest BCUT2D eigenvalue weighted by atomic mass is 9.71. The maximum Gasteiger partial charge on any atom is 0.310 e. The second-order valence-electron chi connectivity index (χ2n) is 5.70. The van der Waals surface area contributed by atoms with Crippen molar-refractivity contribution < 1.29 is 14.7 Å². The Bertz CT molecular complexity index is 554. The summed E-state index contributed by atoms with van der Waals surface area (Å²) < 4.78 is 0.731. The normalized spacial score (nSPS) is 17.2. The van der Waals surface area contributed by atoms with Crippen molar-refractivity contribution in [2.24, 2.45) is 5.41 Å². The topological polar surface area (TPSA) is 79.3 Å². The van der Waals surface area contributed by atoms with Gasteiger partial charge in [0.05, 0.1) is 17.3 Å². The molecule has 0 bridgehead atoms. The number of anilines is 1. The fraction of sp³-hybridized carbons (Fsp3) is 0.533. The van der Waals surface area contributed by atoms with Gasteiger partial charge in [-0.25, -0.2) is 4.98 Å². The molecule has 1 aromatic heterocycles. The standard InChI is InChI=1S/C15H19BrN2O3/c1-10-7-11(9-17-13(10)16)18-12(19)8-15(14(20)21)5-3-2-4-6-15/h7,9H,2-6,8H2,1H3,(H,18,19)(H,20,21). The van der Waals surface area contributed by atoms with Crippen LogP contribution in [0.25, 0.3) is 0 Å². The minimum absolute atomic E-state index is 0.0252. The fourth-order valence-electron chi connectivity index (χ4n) is 2.83. The number of hydrogen-bond acceptors (Lipinski definition) is 3. The molecule has 0 spiro atoms. The number of aromatic nitrogens is 1. The van der Waals surface area contributed by atoms with Crippen LogP contribution in [0.1, 0.15) is 44.1 Å². The van der Waals surface area contributed by atoms with Gasteiger partial charge in [-0.3, -0.25) is 9.59 Å². The average Bonchev–Trinajstić information content (AvgIpc) is 2.43. The van der Waals surface area contributed by atoms with Gasteiger partial charge >= 0.3 is 5.97 Å². The van der Waals surface area contributed by atoms with E-state index in [9.17, 15) is 14.7 Å². The molecule has 2 rings (SSSR count). The van der Waals surface area contributed by atoms with E-state index < -0.39 is 11.4 Å². The third-order valence-electron chi connectivity index (χ3n) is 4.06. The van der Waals surface area contributed by atoms with Crippen molar-refractivity contribution >= 4 is 33.5 Å². The third-order valence-corrected chi connectivity index (χ3v) is 4.89. The third kappa shape index (κ3) is 3.81. The van der Waals surface area contributed by atoms with E-state index in [1.165, 1.54) is 0 Å². The van der Waals surface area contributed by atoms with Crippen LogP contribution in [0.15, 0.2) is 16.9 Å². The largest absolute Gasteiger partial charge is 0.481 e. The van der Waals surface area contributed by atoms with E-state index in [4.69, 9.17) is 0 Å². The van der Waals surface area contributed by atoms with E-state index in [2.05, 4.69) is 26.2 Å². The Morgan fingerprint density at radius 1 is 1.38 bits per heavy atom. The molecule has 0 aliphatic heterocycles. The number of aliphatic carboxylic acids is 1. The number of carbonyl (C=O) groups is 2. The monoisotopic (exact) mass is 354 g/mol. The van der Waals surface area contributed by atoms with Crippen molar-refractivity contribution in [3.63, 3.8) is 0 Å². The Morgan fingerprint density at radius 2 is 2.05 bits per heavy atom. The zero-order valence-electron chi connectivity index (χ0n) is 12.0. The van der Waals surface area contributed by atoms with Gasteiger partial charge in [0.2, 0.25) is 5.91 Å². The molecular formula is C15H19BrN2O3. The van der Waals surface area contributed by atoms with Gasteiger partial charge in [0.1, 0.15) is 4.60 Å². The van der Waals surface area contributed by atoms with Crippen LogP contribution in [0.3, 0.4) is 0 Å². The van der Waals surface area contributed by atoms with Gasteiger partial charge in [-0.1, -0.05) is 19.3 Å². The second-order valence-corrected chi connectivity index (χ2v) is 6.45. The van der Waals surface area contributed by atoms with E-state index in [-0.39, 0.29) is 12.3 Å². The number of carbonyl (C=O) groups excluding carboxylic acids is 1. The van der Waals surface area contributed by atoms with E-state index in [0.717, 1.165) is 29.4 Å². The quantitative estimate of drug-likeness (QED) is 0.810. The van der Waals surface area contributed by atoms with Crippen molar-refractivity contribution in [2.45, 2.75) is 45.4 Å². The highest BCUT2D eigenvalue weighted by atomic mass is 79.9. The molecule has 0 saturated heterocycles. The molecule has 1 saturated carbocycles. The van der Waals surface area contributed by atoms with Gasteiger partial charge in [-0.05, 0) is 47.3 Å². The lowest BCUT2D eigenvalue weighted by Crippen LogP contribution is -2.37. The van der Waals surface area contributed by atoms with E-state index >= 15 is 0 Å². The molecule has 6 heteroatoms. The molecule has 21 heavy (non-hydrogen) atoms. The van der Waals surface area contributed by atoms with Crippen LogP contribution in [0.4, 0.5) is 5.69 Å². The van der Waals surface area contributed by atoms with Crippen LogP contribution in [0.5, 0.6) is 0 Å². The summed E-state index contributed by atoms with van der Waals surface area (Å²) in [6.45, 7) is 1.88. The van der Waals surface area contributed by atoms with Crippen molar-refractivity contribution in [2.75, 3.05) is 5.32 Å². The first-order valence-corrected chi connectivity index (χ1v) is 7.88. The molecule has 1 heterocycles. The van der Waals surface area contributed by atoms with Crippen molar-refractivity contribution in [3.8, 4) is 0 Å². The molecule has 0 atom stereocenters. The molecular weight excluding hydrogens is 336 g/mol. The number of nitrogens with one attached hydrogen (secondary N) is 1. The van der Waals surface area contributed by atoms with Crippen molar-refractivity contribution in [3.05, 3.63) is 22.4 Å². The second kappa shape index (κ2) is 6.56. The van der Waals surface area contributed by atoms with Gasteiger partial charge in [0, 0.05) is 6.42 Å². The Kier molecular flexibility index (Phi) is 4.98. The maximum absolute atomic E-state index is 12.2. The van der Waals surface area contributed by atoms with E-state index in [1.807, 2.05) is 13.0 Å². The molecule has 1 aromatic rings. The highest BCUT2D eigenvalue weighted by Crippen LogP contribution is 2.39. The fourth-order valence-corrected chi connectivity index (χ4v) is 3.05. The first-order chi connectivity index (χ1) is 9.93. The molecule has 5 nitrogen and oxygen atoms in total. The van der Waals surface area contributed by atoms with Crippen molar-refractivity contribution in [1.29, 1.82) is 0 Å². The summed E-state index contributed by atoms with van der Waals surface area (Å²) in [5.41, 5.74) is 0.607. The number of nitrogens with zero attached hydrogens (tertiary/aromatic N) is 1. The summed E-state index contributed by atoms with van der Waals surface area (Å²) >= 11 is 3.30. The number of amides is 1. The van der Waals surface area contributed by atoms with Crippen LogP contribution >= 0.6 is 15.9 Å². The molecule has 1 aliphatic rings. The molecule has 0 aromatic carbocycles. The number of rotatable bonds is 4. The van der Waals surface area contributed by atoms with E-state index in [0.29, 0.717) is 18.5 Å². The highest BCUT2D eigenvalue weighted by molar-refractivity contribution is 9.10. The lowest BCUT2D eigenvalue weighted by Gasteiger charge is -2.32. The van der Waals surface area contributed by atoms with Crippen molar-refractivity contribution in [1.82, 2.24) is 4.98 Å². The van der Waals surface area contributed by atoms with E-state index in [1.54, 1.807) is 6.20 Å². The number of pyridine rings is 1. The molecule has 2 N–H and O–H groups in total. The Hall–Kier alpha value is -1.43. The van der Waals surface area contributed by atoms with Gasteiger partial charge < -0.3 is 10.4 Å². The summed E-state index contributed by atoms with van der Waals surface area (Å²) in [5.74, 6) is -1.12. The molecule has 1 fully saturated rings. The number of hydrogen-bond donors (Lipinski definition) is 2. The zero-order chi connectivity index (χ0) is 15.5. The van der Waals surface area contributed by atoms with Crippen LogP contribution in [-0.2, 0) is 9.59 Å². The minimum atomic E-state index is -0.903. The first kappa shape index (κ1) is 15.9. The predicted molar refractivity (Wildman–Crippen MR) is 83.1 cm³/mol. The molecule has 114 valence electrons. The van der Waals surface area contributed by atoms with Crippen LogP contribution < -0.4 is 5.32 Å². The summed E-state index contributed by atoms with van der Waals surface area (Å²) in [6, 6.07) is 1.81. The van der Waals surface area contributed by atoms with Gasteiger partial charge in [0.15, 0.2) is 0 Å². The zero-order valence-corrected chi connectivity index (χ0v) is 13.6. The molecule has 0 unspecified atom stereocenters. The first-order valence-electron chi connectivity index (χ1n) is 7.08. The van der Waals surface area contributed by atoms with Gasteiger partial charge in [-0.2, -0.15) is 0 Å². The minimum Gasteiger partial charge on any atom is -0.481 e. The summed E-state index contributed by atoms with van der Waals surface area (Å²) in [5, 5.41) is 12.2. The Balaban J connectivity index is 2.05. The van der Waals surface area contributed by atoms with Crippen LogP contribution in [0.2, 0.25) is 0 Å². The molecule has 1 aliphatic carbocycles. The SMILES string of the molecule is Cc1cc(NC(=O)CC2(C(=O)O)CCCCC2)cnc1Br. The Labute approximate surface area is 132 Å². The van der Waals surface area contributed by atoms with Gasteiger partial charge in [-0.15, -0.1) is 0 Å². The number of carboxylic acid groups (broad SMARTS) is 1. The average molecular weight is 355 g/mol. The van der Waals surface area contributed by atoms with Gasteiger partial charge in [0.25, 0.3) is 0 Å². The summed E-state index contributed by atoms with van der Waals surface area (Å²) in [7, 11) is 0.